The monoisotopic (exact) mass is 476 g/mol. The summed E-state index contributed by atoms with van der Waals surface area (Å²) in [5.74, 6) is 5.86. The van der Waals surface area contributed by atoms with E-state index in [0.717, 1.165) is 37.0 Å². The molecule has 0 aromatic carbocycles. The van der Waals surface area contributed by atoms with Crippen LogP contribution in [0.2, 0.25) is 0 Å². The Morgan fingerprint density at radius 3 is 0.971 bits per heavy atom. The van der Waals surface area contributed by atoms with Crippen LogP contribution in [0.15, 0.2) is 0 Å². The molecule has 0 aromatic rings. The Kier molecular flexibility index (Phi) is 10.9. The summed E-state index contributed by atoms with van der Waals surface area (Å²) in [4.78, 5) is 0. The van der Waals surface area contributed by atoms with Gasteiger partial charge in [0.25, 0.3) is 0 Å². The van der Waals surface area contributed by atoms with E-state index in [4.69, 9.17) is 14.0 Å². The molecule has 34 heavy (non-hydrogen) atoms. The first-order valence-electron chi connectivity index (χ1n) is 15.0. The van der Waals surface area contributed by atoms with Crippen molar-refractivity contribution >= 4 is 7.32 Å². The first-order chi connectivity index (χ1) is 16.0. The molecule has 0 aromatic heterocycles. The van der Waals surface area contributed by atoms with Gasteiger partial charge in [-0.05, 0) is 91.8 Å². The summed E-state index contributed by atoms with van der Waals surface area (Å²) in [6.45, 7) is 21.3. The second-order valence-electron chi connectivity index (χ2n) is 13.8. The molecule has 3 aliphatic carbocycles. The largest absolute Gasteiger partial charge is 0.640 e. The molecule has 9 atom stereocenters. The van der Waals surface area contributed by atoms with Gasteiger partial charge in [-0.25, -0.2) is 0 Å². The van der Waals surface area contributed by atoms with Crippen LogP contribution >= 0.6 is 0 Å². The average Bonchev–Trinajstić information content (AvgIpc) is 2.73. The van der Waals surface area contributed by atoms with E-state index in [-0.39, 0.29) is 18.3 Å². The van der Waals surface area contributed by atoms with Gasteiger partial charge in [-0.2, -0.15) is 0 Å². The smallest absolute Gasteiger partial charge is 0.383 e. The predicted molar refractivity (Wildman–Crippen MR) is 144 cm³/mol. The van der Waals surface area contributed by atoms with E-state index in [0.29, 0.717) is 35.5 Å². The summed E-state index contributed by atoms with van der Waals surface area (Å²) in [6, 6.07) is 0. The van der Waals surface area contributed by atoms with Gasteiger partial charge >= 0.3 is 7.32 Å². The molecule has 3 fully saturated rings. The van der Waals surface area contributed by atoms with Crippen molar-refractivity contribution in [2.24, 2.45) is 53.3 Å². The van der Waals surface area contributed by atoms with Crippen LogP contribution in [0.5, 0.6) is 0 Å². The Balaban J connectivity index is 1.81. The topological polar surface area (TPSA) is 27.7 Å². The van der Waals surface area contributed by atoms with E-state index in [1.807, 2.05) is 0 Å². The lowest BCUT2D eigenvalue weighted by molar-refractivity contribution is -0.0763. The molecule has 0 saturated heterocycles. The van der Waals surface area contributed by atoms with Crippen molar-refractivity contribution in [2.45, 2.75) is 138 Å². The molecule has 0 amide bonds. The normalized spacial score (nSPS) is 39.7. The van der Waals surface area contributed by atoms with Crippen molar-refractivity contribution < 1.29 is 14.0 Å². The number of hydrogen-bond acceptors (Lipinski definition) is 3. The van der Waals surface area contributed by atoms with Crippen molar-refractivity contribution in [1.82, 2.24) is 0 Å². The zero-order valence-electron chi connectivity index (χ0n) is 24.1. The third-order valence-electron chi connectivity index (χ3n) is 9.74. The summed E-state index contributed by atoms with van der Waals surface area (Å²) >= 11 is 0. The van der Waals surface area contributed by atoms with E-state index in [1.54, 1.807) is 0 Å². The number of hydrogen-bond donors (Lipinski definition) is 0. The van der Waals surface area contributed by atoms with E-state index < -0.39 is 7.32 Å². The van der Waals surface area contributed by atoms with Crippen LogP contribution < -0.4 is 0 Å². The van der Waals surface area contributed by atoms with E-state index in [1.165, 1.54) is 38.5 Å². The van der Waals surface area contributed by atoms with Gasteiger partial charge in [-0.1, -0.05) is 81.6 Å². The van der Waals surface area contributed by atoms with E-state index in [9.17, 15) is 0 Å². The molecule has 3 rings (SSSR count). The maximum atomic E-state index is 6.92. The predicted octanol–water partition coefficient (Wildman–Crippen LogP) is 8.40. The highest BCUT2D eigenvalue weighted by Gasteiger charge is 2.43. The van der Waals surface area contributed by atoms with Gasteiger partial charge in [0.2, 0.25) is 0 Å². The summed E-state index contributed by atoms with van der Waals surface area (Å²) in [5, 5.41) is 0. The Bertz CT molecular complexity index is 513. The van der Waals surface area contributed by atoms with Crippen LogP contribution in [-0.4, -0.2) is 25.6 Å². The molecule has 0 heterocycles. The summed E-state index contributed by atoms with van der Waals surface area (Å²) in [5.41, 5.74) is 0. The lowest BCUT2D eigenvalue weighted by Crippen LogP contribution is -2.48. The highest BCUT2D eigenvalue weighted by molar-refractivity contribution is 6.36. The molecule has 0 unspecified atom stereocenters. The molecule has 0 aliphatic heterocycles. The van der Waals surface area contributed by atoms with Gasteiger partial charge in [0.1, 0.15) is 0 Å². The van der Waals surface area contributed by atoms with Crippen molar-refractivity contribution in [1.29, 1.82) is 0 Å². The maximum Gasteiger partial charge on any atom is 0.640 e. The second-order valence-corrected chi connectivity index (χ2v) is 13.8. The van der Waals surface area contributed by atoms with Gasteiger partial charge in [0, 0.05) is 18.3 Å². The van der Waals surface area contributed by atoms with Crippen LogP contribution in [0, 0.1) is 53.3 Å². The van der Waals surface area contributed by atoms with E-state index >= 15 is 0 Å². The zero-order chi connectivity index (χ0) is 25.0. The van der Waals surface area contributed by atoms with Gasteiger partial charge in [-0.15, -0.1) is 0 Å². The van der Waals surface area contributed by atoms with Gasteiger partial charge in [-0.3, -0.25) is 0 Å². The minimum Gasteiger partial charge on any atom is -0.383 e. The minimum atomic E-state index is -0.523. The Morgan fingerprint density at radius 2 is 0.735 bits per heavy atom. The molecule has 4 heteroatoms. The minimum absolute atomic E-state index is 0.241. The molecule has 3 aliphatic rings. The molecule has 0 N–H and O–H groups in total. The molecular weight excluding hydrogens is 419 g/mol. The van der Waals surface area contributed by atoms with Crippen molar-refractivity contribution in [3.63, 3.8) is 0 Å². The quantitative estimate of drug-likeness (QED) is 0.313. The molecule has 3 nitrogen and oxygen atoms in total. The highest BCUT2D eigenvalue weighted by atomic mass is 16.7. The molecule has 3 saturated carbocycles. The Labute approximate surface area is 213 Å². The molecule has 0 spiro atoms. The Hall–Kier alpha value is -0.0551. The summed E-state index contributed by atoms with van der Waals surface area (Å²) in [7, 11) is -0.523. The molecule has 0 radical (unpaired) electrons. The summed E-state index contributed by atoms with van der Waals surface area (Å²) < 4.78 is 20.8. The fourth-order valence-electron chi connectivity index (χ4n) is 7.34. The second kappa shape index (κ2) is 13.0. The van der Waals surface area contributed by atoms with Gasteiger partial charge < -0.3 is 14.0 Å². The van der Waals surface area contributed by atoms with Crippen LogP contribution in [0.25, 0.3) is 0 Å². The molecule has 198 valence electrons. The standard InChI is InChI=1S/C30H57BO3/c1-19(2)25-13-10-22(7)16-28(25)32-31(33-29-17-23(8)11-14-26(29)20(3)4)34-30-18-24(9)12-15-27(30)21(5)6/h19-30H,10-18H2,1-9H3/t22-,23-,24-,25+,26+,27+,28-,29-,30-/m1/s1. The first kappa shape index (κ1) is 28.5. The number of rotatable bonds is 9. The molecular formula is C30H57BO3. The lowest BCUT2D eigenvalue weighted by Gasteiger charge is -2.43. The van der Waals surface area contributed by atoms with Crippen LogP contribution in [0.1, 0.15) is 120 Å². The third kappa shape index (κ3) is 7.72. The zero-order valence-corrected chi connectivity index (χ0v) is 24.1. The van der Waals surface area contributed by atoms with Gasteiger partial charge in [0.05, 0.1) is 0 Å². The lowest BCUT2D eigenvalue weighted by atomic mass is 9.74. The highest BCUT2D eigenvalue weighted by Crippen LogP contribution is 2.40. The Morgan fingerprint density at radius 1 is 0.471 bits per heavy atom. The molecule has 0 bridgehead atoms. The SMILES string of the molecule is CC(C)[C@@H]1CC[C@@H](C)C[C@H]1OB(O[C@@H]1C[C@H](C)CC[C@H]1C(C)C)O[C@@H]1C[C@H](C)CC[C@H]1C(C)C. The van der Waals surface area contributed by atoms with Crippen molar-refractivity contribution in [3.8, 4) is 0 Å². The fraction of sp³-hybridized carbons (Fsp3) is 1.00. The summed E-state index contributed by atoms with van der Waals surface area (Å²) in [6.07, 6.45) is 11.9. The first-order valence-corrected chi connectivity index (χ1v) is 15.0. The van der Waals surface area contributed by atoms with E-state index in [2.05, 4.69) is 62.3 Å². The van der Waals surface area contributed by atoms with Crippen molar-refractivity contribution in [3.05, 3.63) is 0 Å². The average molecular weight is 477 g/mol. The van der Waals surface area contributed by atoms with Gasteiger partial charge in [0.15, 0.2) is 0 Å². The maximum absolute atomic E-state index is 6.92. The van der Waals surface area contributed by atoms with Crippen LogP contribution in [0.4, 0.5) is 0 Å². The van der Waals surface area contributed by atoms with Crippen LogP contribution in [-0.2, 0) is 14.0 Å². The fourth-order valence-corrected chi connectivity index (χ4v) is 7.34. The van der Waals surface area contributed by atoms with Crippen molar-refractivity contribution in [2.75, 3.05) is 0 Å². The van der Waals surface area contributed by atoms with Crippen LogP contribution in [0.3, 0.4) is 0 Å². The third-order valence-corrected chi connectivity index (χ3v) is 9.74.